The molecule has 0 unspecified atom stereocenters. The molecule has 0 spiro atoms. The molecular formula is C21H24N2. The number of rotatable bonds is 5. The minimum atomic E-state index is 0.953. The lowest BCUT2D eigenvalue weighted by atomic mass is 10.0. The number of benzene rings is 2. The first-order valence-corrected chi connectivity index (χ1v) is 8.77. The van der Waals surface area contributed by atoms with E-state index < -0.39 is 0 Å². The highest BCUT2D eigenvalue weighted by molar-refractivity contribution is 5.85. The number of para-hydroxylation sites is 1. The zero-order chi connectivity index (χ0) is 15.5. The summed E-state index contributed by atoms with van der Waals surface area (Å²) >= 11 is 0. The van der Waals surface area contributed by atoms with Crippen molar-refractivity contribution in [2.45, 2.75) is 38.8 Å². The summed E-state index contributed by atoms with van der Waals surface area (Å²) in [6, 6.07) is 19.6. The fourth-order valence-electron chi connectivity index (χ4n) is 3.85. The van der Waals surface area contributed by atoms with E-state index in [-0.39, 0.29) is 0 Å². The van der Waals surface area contributed by atoms with Crippen molar-refractivity contribution in [1.29, 1.82) is 0 Å². The van der Waals surface area contributed by atoms with Crippen molar-refractivity contribution in [2.75, 3.05) is 6.54 Å². The first-order chi connectivity index (χ1) is 11.4. The van der Waals surface area contributed by atoms with E-state index >= 15 is 0 Å². The molecule has 0 saturated heterocycles. The molecule has 1 aliphatic heterocycles. The van der Waals surface area contributed by atoms with Crippen LogP contribution in [0.25, 0.3) is 10.9 Å². The molecule has 0 atom stereocenters. The molecule has 3 aromatic rings. The average Bonchev–Trinajstić information content (AvgIpc) is 2.94. The van der Waals surface area contributed by atoms with E-state index in [1.165, 1.54) is 42.3 Å². The molecule has 0 amide bonds. The van der Waals surface area contributed by atoms with Gasteiger partial charge in [-0.05, 0) is 49.4 Å². The van der Waals surface area contributed by atoms with Crippen molar-refractivity contribution in [3.63, 3.8) is 0 Å². The minimum absolute atomic E-state index is 0.953. The Bertz CT molecular complexity index is 786. The molecule has 0 fully saturated rings. The number of fused-ring (bicyclic) bond motifs is 3. The molecule has 118 valence electrons. The molecular weight excluding hydrogens is 280 g/mol. The van der Waals surface area contributed by atoms with Crippen LogP contribution in [0.4, 0.5) is 0 Å². The van der Waals surface area contributed by atoms with E-state index in [4.69, 9.17) is 0 Å². The van der Waals surface area contributed by atoms with E-state index in [9.17, 15) is 0 Å². The highest BCUT2D eigenvalue weighted by Crippen LogP contribution is 2.30. The number of aryl methyl sites for hydroxylation is 1. The molecule has 2 nitrogen and oxygen atoms in total. The second-order valence-electron chi connectivity index (χ2n) is 6.46. The lowest BCUT2D eigenvalue weighted by Gasteiger charge is -2.17. The van der Waals surface area contributed by atoms with Gasteiger partial charge < -0.3 is 9.88 Å². The van der Waals surface area contributed by atoms with Crippen molar-refractivity contribution in [3.8, 4) is 0 Å². The third-order valence-electron chi connectivity index (χ3n) is 4.96. The largest absolute Gasteiger partial charge is 0.344 e. The predicted octanol–water partition coefficient (Wildman–Crippen LogP) is 4.31. The Morgan fingerprint density at radius 3 is 2.65 bits per heavy atom. The van der Waals surface area contributed by atoms with Gasteiger partial charge in [0.25, 0.3) is 0 Å². The van der Waals surface area contributed by atoms with Crippen LogP contribution in [-0.4, -0.2) is 11.1 Å². The van der Waals surface area contributed by atoms with Crippen LogP contribution in [0.5, 0.6) is 0 Å². The summed E-state index contributed by atoms with van der Waals surface area (Å²) in [5.41, 5.74) is 5.94. The lowest BCUT2D eigenvalue weighted by molar-refractivity contribution is 0.539. The number of hydrogen-bond acceptors (Lipinski definition) is 1. The molecule has 2 heteroatoms. The number of nitrogens with one attached hydrogen (secondary N) is 1. The van der Waals surface area contributed by atoms with Crippen molar-refractivity contribution < 1.29 is 0 Å². The summed E-state index contributed by atoms with van der Waals surface area (Å²) in [5.74, 6) is 0. The molecule has 2 heterocycles. The van der Waals surface area contributed by atoms with Gasteiger partial charge in [0, 0.05) is 29.7 Å². The number of hydrogen-bond donors (Lipinski definition) is 1. The Hall–Kier alpha value is -2.06. The molecule has 1 N–H and O–H groups in total. The van der Waals surface area contributed by atoms with Gasteiger partial charge in [0.2, 0.25) is 0 Å². The number of nitrogens with zero attached hydrogens (tertiary/aromatic N) is 1. The van der Waals surface area contributed by atoms with Crippen LogP contribution in [0.1, 0.15) is 29.7 Å². The predicted molar refractivity (Wildman–Crippen MR) is 96.7 cm³/mol. The monoisotopic (exact) mass is 304 g/mol. The maximum atomic E-state index is 3.60. The summed E-state index contributed by atoms with van der Waals surface area (Å²) in [5, 5.41) is 5.07. The van der Waals surface area contributed by atoms with Gasteiger partial charge in [-0.3, -0.25) is 0 Å². The van der Waals surface area contributed by atoms with Gasteiger partial charge in [0.05, 0.1) is 0 Å². The van der Waals surface area contributed by atoms with E-state index in [1.807, 2.05) is 0 Å². The lowest BCUT2D eigenvalue weighted by Crippen LogP contribution is -2.18. The zero-order valence-corrected chi connectivity index (χ0v) is 13.6. The maximum Gasteiger partial charge on any atom is 0.0485 e. The number of aromatic nitrogens is 1. The van der Waals surface area contributed by atoms with Crippen molar-refractivity contribution in [1.82, 2.24) is 9.88 Å². The quantitative estimate of drug-likeness (QED) is 0.695. The summed E-state index contributed by atoms with van der Waals surface area (Å²) in [4.78, 5) is 0. The van der Waals surface area contributed by atoms with Crippen LogP contribution in [0, 0.1) is 0 Å². The summed E-state index contributed by atoms with van der Waals surface area (Å²) in [7, 11) is 0. The van der Waals surface area contributed by atoms with E-state index in [2.05, 4.69) is 64.5 Å². The highest BCUT2D eigenvalue weighted by Gasteiger charge is 2.18. The molecule has 1 aliphatic rings. The SMILES string of the molecule is c1ccc(CNCCc2c3n(c4ccccc24)CCCC3)cc1. The van der Waals surface area contributed by atoms with Crippen LogP contribution < -0.4 is 5.32 Å². The van der Waals surface area contributed by atoms with Gasteiger partial charge >= 0.3 is 0 Å². The molecule has 0 radical (unpaired) electrons. The van der Waals surface area contributed by atoms with Gasteiger partial charge in [-0.15, -0.1) is 0 Å². The van der Waals surface area contributed by atoms with Crippen LogP contribution in [0.15, 0.2) is 54.6 Å². The molecule has 23 heavy (non-hydrogen) atoms. The van der Waals surface area contributed by atoms with Gasteiger partial charge in [-0.2, -0.15) is 0 Å². The van der Waals surface area contributed by atoms with Gasteiger partial charge in [0.1, 0.15) is 0 Å². The Balaban J connectivity index is 1.50. The average molecular weight is 304 g/mol. The molecule has 0 aliphatic carbocycles. The molecule has 4 rings (SSSR count). The van der Waals surface area contributed by atoms with Gasteiger partial charge in [-0.25, -0.2) is 0 Å². The Morgan fingerprint density at radius 1 is 0.913 bits per heavy atom. The minimum Gasteiger partial charge on any atom is -0.344 e. The Kier molecular flexibility index (Phi) is 4.16. The van der Waals surface area contributed by atoms with E-state index in [0.717, 1.165) is 19.5 Å². The summed E-state index contributed by atoms with van der Waals surface area (Å²) in [6.07, 6.45) is 5.01. The van der Waals surface area contributed by atoms with E-state index in [1.54, 1.807) is 11.3 Å². The second-order valence-corrected chi connectivity index (χ2v) is 6.46. The molecule has 0 saturated carbocycles. The summed E-state index contributed by atoms with van der Waals surface area (Å²) < 4.78 is 2.56. The highest BCUT2D eigenvalue weighted by atomic mass is 15.0. The third kappa shape index (κ3) is 2.91. The van der Waals surface area contributed by atoms with Crippen molar-refractivity contribution in [3.05, 3.63) is 71.4 Å². The summed E-state index contributed by atoms with van der Waals surface area (Å²) in [6.45, 7) is 3.18. The van der Waals surface area contributed by atoms with Gasteiger partial charge in [0.15, 0.2) is 0 Å². The smallest absolute Gasteiger partial charge is 0.0485 e. The Morgan fingerprint density at radius 2 is 1.74 bits per heavy atom. The normalized spacial score (nSPS) is 14.1. The zero-order valence-electron chi connectivity index (χ0n) is 13.6. The van der Waals surface area contributed by atoms with Crippen LogP contribution >= 0.6 is 0 Å². The van der Waals surface area contributed by atoms with Crippen molar-refractivity contribution in [2.24, 2.45) is 0 Å². The fraction of sp³-hybridized carbons (Fsp3) is 0.333. The molecule has 1 aromatic heterocycles. The molecule has 2 aromatic carbocycles. The first-order valence-electron chi connectivity index (χ1n) is 8.77. The second kappa shape index (κ2) is 6.59. The van der Waals surface area contributed by atoms with Crippen LogP contribution in [-0.2, 0) is 25.9 Å². The topological polar surface area (TPSA) is 17.0 Å². The van der Waals surface area contributed by atoms with Crippen molar-refractivity contribution >= 4 is 10.9 Å². The molecule has 0 bridgehead atoms. The van der Waals surface area contributed by atoms with E-state index in [0.29, 0.717) is 0 Å². The maximum absolute atomic E-state index is 3.60. The van der Waals surface area contributed by atoms with Crippen LogP contribution in [0.3, 0.4) is 0 Å². The standard InChI is InChI=1S/C21H24N2/c1-2-8-17(9-3-1)16-22-14-13-19-18-10-4-5-11-20(18)23-15-7-6-12-21(19)23/h1-5,8-11,22H,6-7,12-16H2. The fourth-order valence-corrected chi connectivity index (χ4v) is 3.85. The third-order valence-corrected chi connectivity index (χ3v) is 4.96. The van der Waals surface area contributed by atoms with Crippen LogP contribution in [0.2, 0.25) is 0 Å². The van der Waals surface area contributed by atoms with Gasteiger partial charge in [-0.1, -0.05) is 48.5 Å². The Labute approximate surface area is 138 Å². The first kappa shape index (κ1) is 14.5.